The second kappa shape index (κ2) is 7.05. The van der Waals surface area contributed by atoms with E-state index >= 15 is 0 Å². The Balaban J connectivity index is 2.66. The van der Waals surface area contributed by atoms with Gasteiger partial charge < -0.3 is 15.8 Å². The van der Waals surface area contributed by atoms with E-state index in [1.54, 1.807) is 0 Å². The molecule has 3 nitrogen and oxygen atoms in total. The van der Waals surface area contributed by atoms with Gasteiger partial charge in [-0.2, -0.15) is 0 Å². The molecule has 0 bridgehead atoms. The molecule has 0 saturated carbocycles. The summed E-state index contributed by atoms with van der Waals surface area (Å²) < 4.78 is 5.89. The van der Waals surface area contributed by atoms with E-state index in [2.05, 4.69) is 39.9 Å². The Kier molecular flexibility index (Phi) is 6.28. The first-order valence-electron chi connectivity index (χ1n) is 7.90. The quantitative estimate of drug-likeness (QED) is 0.713. The zero-order chi connectivity index (χ0) is 14.5. The van der Waals surface area contributed by atoms with Crippen molar-refractivity contribution in [2.24, 2.45) is 17.6 Å². The number of nitrogens with two attached hydrogens (primary N) is 1. The molecule has 0 aromatic rings. The lowest BCUT2D eigenvalue weighted by Crippen LogP contribution is -2.56. The molecule has 3 heteroatoms. The molecule has 0 aromatic heterocycles. The van der Waals surface area contributed by atoms with Crippen LogP contribution in [0, 0.1) is 11.8 Å². The first-order chi connectivity index (χ1) is 8.81. The smallest absolute Gasteiger partial charge is 0.0779 e. The topological polar surface area (TPSA) is 47.3 Å². The van der Waals surface area contributed by atoms with Crippen LogP contribution in [-0.2, 0) is 4.74 Å². The lowest BCUT2D eigenvalue weighted by Gasteiger charge is -2.39. The van der Waals surface area contributed by atoms with Crippen LogP contribution in [0.4, 0.5) is 0 Å². The first kappa shape index (κ1) is 16.9. The summed E-state index contributed by atoms with van der Waals surface area (Å²) in [4.78, 5) is 0. The molecule has 0 amide bonds. The van der Waals surface area contributed by atoms with Gasteiger partial charge in [-0.05, 0) is 44.4 Å². The van der Waals surface area contributed by atoms with Crippen LogP contribution in [0.5, 0.6) is 0 Å². The molecule has 1 fully saturated rings. The average molecular weight is 270 g/mol. The molecular weight excluding hydrogens is 236 g/mol. The highest BCUT2D eigenvalue weighted by Gasteiger charge is 2.35. The van der Waals surface area contributed by atoms with Crippen molar-refractivity contribution in [1.29, 1.82) is 0 Å². The highest BCUT2D eigenvalue weighted by molar-refractivity contribution is 4.94. The second-order valence-corrected chi connectivity index (χ2v) is 7.44. The SMILES string of the molecule is CC(C)CC(CN)(CC(C)C)NCC1(C)CCCO1. The maximum absolute atomic E-state index is 6.13. The highest BCUT2D eigenvalue weighted by Crippen LogP contribution is 2.28. The number of hydrogen-bond donors (Lipinski definition) is 2. The molecule has 1 aliphatic rings. The van der Waals surface area contributed by atoms with Crippen LogP contribution in [0.3, 0.4) is 0 Å². The van der Waals surface area contributed by atoms with Gasteiger partial charge in [-0.1, -0.05) is 27.7 Å². The Hall–Kier alpha value is -0.120. The van der Waals surface area contributed by atoms with Gasteiger partial charge in [0.2, 0.25) is 0 Å². The van der Waals surface area contributed by atoms with Crippen molar-refractivity contribution in [2.75, 3.05) is 19.7 Å². The minimum atomic E-state index is 0.00831. The summed E-state index contributed by atoms with van der Waals surface area (Å²) in [5.41, 5.74) is 6.20. The Labute approximate surface area is 119 Å². The van der Waals surface area contributed by atoms with Crippen LogP contribution >= 0.6 is 0 Å². The van der Waals surface area contributed by atoms with Gasteiger partial charge in [0.25, 0.3) is 0 Å². The Morgan fingerprint density at radius 3 is 2.16 bits per heavy atom. The molecule has 0 aliphatic carbocycles. The van der Waals surface area contributed by atoms with E-state index in [1.807, 2.05) is 0 Å². The van der Waals surface area contributed by atoms with Gasteiger partial charge >= 0.3 is 0 Å². The zero-order valence-electron chi connectivity index (χ0n) is 13.6. The zero-order valence-corrected chi connectivity index (χ0v) is 13.6. The van der Waals surface area contributed by atoms with Crippen molar-refractivity contribution in [2.45, 2.75) is 71.4 Å². The summed E-state index contributed by atoms with van der Waals surface area (Å²) in [5.74, 6) is 1.32. The highest BCUT2D eigenvalue weighted by atomic mass is 16.5. The van der Waals surface area contributed by atoms with E-state index in [0.717, 1.165) is 32.4 Å². The average Bonchev–Trinajstić information content (AvgIpc) is 2.72. The second-order valence-electron chi connectivity index (χ2n) is 7.44. The normalized spacial score (nSPS) is 24.6. The standard InChI is InChI=1S/C16H34N2O/c1-13(2)9-16(11-17,10-14(3)4)18-12-15(5)7-6-8-19-15/h13-14,18H,6-12,17H2,1-5H3. The fourth-order valence-electron chi connectivity index (χ4n) is 3.38. The van der Waals surface area contributed by atoms with Crippen molar-refractivity contribution in [3.63, 3.8) is 0 Å². The lowest BCUT2D eigenvalue weighted by atomic mass is 9.81. The van der Waals surface area contributed by atoms with E-state index in [1.165, 1.54) is 6.42 Å². The minimum absolute atomic E-state index is 0.00831. The maximum Gasteiger partial charge on any atom is 0.0779 e. The molecule has 0 spiro atoms. The van der Waals surface area contributed by atoms with Crippen LogP contribution in [0.15, 0.2) is 0 Å². The summed E-state index contributed by atoms with van der Waals surface area (Å²) in [6, 6.07) is 0. The summed E-state index contributed by atoms with van der Waals surface area (Å²) in [5, 5.41) is 3.78. The van der Waals surface area contributed by atoms with Crippen molar-refractivity contribution >= 4 is 0 Å². The van der Waals surface area contributed by atoms with Crippen LogP contribution in [0.1, 0.15) is 60.3 Å². The van der Waals surface area contributed by atoms with Gasteiger partial charge in [0.15, 0.2) is 0 Å². The predicted molar refractivity (Wildman–Crippen MR) is 82.3 cm³/mol. The third-order valence-corrected chi connectivity index (χ3v) is 4.13. The first-order valence-corrected chi connectivity index (χ1v) is 7.90. The van der Waals surface area contributed by atoms with Crippen molar-refractivity contribution in [3.8, 4) is 0 Å². The maximum atomic E-state index is 6.13. The summed E-state index contributed by atoms with van der Waals surface area (Å²) in [7, 11) is 0. The summed E-state index contributed by atoms with van der Waals surface area (Å²) in [6.45, 7) is 13.9. The molecule has 1 saturated heterocycles. The minimum Gasteiger partial charge on any atom is -0.374 e. The number of nitrogens with one attached hydrogen (secondary N) is 1. The molecule has 1 atom stereocenters. The monoisotopic (exact) mass is 270 g/mol. The third kappa shape index (κ3) is 5.41. The van der Waals surface area contributed by atoms with Crippen LogP contribution in [0.25, 0.3) is 0 Å². The Bertz CT molecular complexity index is 247. The fourth-order valence-corrected chi connectivity index (χ4v) is 3.38. The molecule has 0 radical (unpaired) electrons. The third-order valence-electron chi connectivity index (χ3n) is 4.13. The lowest BCUT2D eigenvalue weighted by molar-refractivity contribution is 0.0117. The van der Waals surface area contributed by atoms with Gasteiger partial charge in [-0.15, -0.1) is 0 Å². The van der Waals surface area contributed by atoms with Crippen LogP contribution in [0.2, 0.25) is 0 Å². The fraction of sp³-hybridized carbons (Fsp3) is 1.00. The number of rotatable bonds is 8. The molecular formula is C16H34N2O. The van der Waals surface area contributed by atoms with Gasteiger partial charge in [-0.25, -0.2) is 0 Å². The molecule has 1 heterocycles. The van der Waals surface area contributed by atoms with E-state index in [-0.39, 0.29) is 11.1 Å². The number of hydrogen-bond acceptors (Lipinski definition) is 3. The van der Waals surface area contributed by atoms with Crippen molar-refractivity contribution in [1.82, 2.24) is 5.32 Å². The van der Waals surface area contributed by atoms with Gasteiger partial charge in [0.05, 0.1) is 5.60 Å². The molecule has 0 aromatic carbocycles. The van der Waals surface area contributed by atoms with Gasteiger partial charge in [0.1, 0.15) is 0 Å². The van der Waals surface area contributed by atoms with Crippen LogP contribution in [-0.4, -0.2) is 30.8 Å². The summed E-state index contributed by atoms with van der Waals surface area (Å²) in [6.07, 6.45) is 4.61. The van der Waals surface area contributed by atoms with E-state index in [9.17, 15) is 0 Å². The Morgan fingerprint density at radius 1 is 1.21 bits per heavy atom. The summed E-state index contributed by atoms with van der Waals surface area (Å²) >= 11 is 0. The van der Waals surface area contributed by atoms with Gasteiger partial charge in [-0.3, -0.25) is 0 Å². The molecule has 1 aliphatic heterocycles. The number of ether oxygens (including phenoxy) is 1. The molecule has 19 heavy (non-hydrogen) atoms. The largest absolute Gasteiger partial charge is 0.374 e. The molecule has 1 unspecified atom stereocenters. The molecule has 1 rings (SSSR count). The van der Waals surface area contributed by atoms with E-state index in [0.29, 0.717) is 18.4 Å². The molecule has 114 valence electrons. The van der Waals surface area contributed by atoms with Gasteiger partial charge in [0, 0.05) is 25.2 Å². The van der Waals surface area contributed by atoms with E-state index in [4.69, 9.17) is 10.5 Å². The Morgan fingerprint density at radius 2 is 1.79 bits per heavy atom. The predicted octanol–water partition coefficient (Wildman–Crippen LogP) is 2.93. The molecule has 3 N–H and O–H groups in total. The van der Waals surface area contributed by atoms with E-state index < -0.39 is 0 Å². The van der Waals surface area contributed by atoms with Crippen molar-refractivity contribution < 1.29 is 4.74 Å². The van der Waals surface area contributed by atoms with Crippen molar-refractivity contribution in [3.05, 3.63) is 0 Å². The van der Waals surface area contributed by atoms with Crippen LogP contribution < -0.4 is 11.1 Å².